The minimum atomic E-state index is -0.584. The molecule has 2 aromatic carbocycles. The summed E-state index contributed by atoms with van der Waals surface area (Å²) in [6, 6.07) is 15.4. The molecule has 1 aliphatic rings. The van der Waals surface area contributed by atoms with Crippen LogP contribution in [0, 0.1) is 5.92 Å². The first-order valence-corrected chi connectivity index (χ1v) is 14.4. The van der Waals surface area contributed by atoms with Crippen LogP contribution in [0.3, 0.4) is 0 Å². The second kappa shape index (κ2) is 15.1. The zero-order valence-corrected chi connectivity index (χ0v) is 25.6. The third-order valence-electron chi connectivity index (χ3n) is 6.98. The van der Waals surface area contributed by atoms with Crippen molar-refractivity contribution >= 4 is 12.0 Å². The van der Waals surface area contributed by atoms with Crippen molar-refractivity contribution in [1.29, 1.82) is 0 Å². The van der Waals surface area contributed by atoms with E-state index in [0.29, 0.717) is 56.5 Å². The van der Waals surface area contributed by atoms with Crippen molar-refractivity contribution in [3.63, 3.8) is 0 Å². The number of nitrogens with one attached hydrogen (secondary N) is 1. The molecule has 0 spiro atoms. The van der Waals surface area contributed by atoms with E-state index in [1.165, 1.54) is 0 Å². The molecule has 1 fully saturated rings. The van der Waals surface area contributed by atoms with Crippen LogP contribution in [0.25, 0.3) is 0 Å². The van der Waals surface area contributed by atoms with Gasteiger partial charge in [-0.1, -0.05) is 30.3 Å². The normalized spacial score (nSPS) is 17.0. The van der Waals surface area contributed by atoms with Crippen LogP contribution in [0.1, 0.15) is 57.0 Å². The maximum Gasteiger partial charge on any atom is 0.410 e. The van der Waals surface area contributed by atoms with Crippen LogP contribution in [0.5, 0.6) is 11.5 Å². The molecule has 0 saturated carbocycles. The Bertz CT molecular complexity index is 1120. The fourth-order valence-corrected chi connectivity index (χ4v) is 4.86. The summed E-state index contributed by atoms with van der Waals surface area (Å²) in [5.41, 5.74) is 1.10. The van der Waals surface area contributed by atoms with Gasteiger partial charge in [-0.15, -0.1) is 0 Å². The summed E-state index contributed by atoms with van der Waals surface area (Å²) in [5, 5.41) is 3.64. The second-order valence-electron chi connectivity index (χ2n) is 11.7. The van der Waals surface area contributed by atoms with Crippen LogP contribution >= 0.6 is 0 Å². The van der Waals surface area contributed by atoms with E-state index in [-0.39, 0.29) is 30.0 Å². The Morgan fingerprint density at radius 3 is 2.39 bits per heavy atom. The van der Waals surface area contributed by atoms with Gasteiger partial charge in [0, 0.05) is 69.9 Å². The van der Waals surface area contributed by atoms with Gasteiger partial charge in [0.15, 0.2) is 11.5 Å². The Hall–Kier alpha value is -3.30. The highest BCUT2D eigenvalue weighted by Gasteiger charge is 2.39. The van der Waals surface area contributed by atoms with Crippen molar-refractivity contribution < 1.29 is 28.5 Å². The third kappa shape index (κ3) is 9.64. The molecule has 1 aliphatic heterocycles. The Morgan fingerprint density at radius 2 is 1.76 bits per heavy atom. The lowest BCUT2D eigenvalue weighted by Gasteiger charge is -2.32. The molecule has 0 unspecified atom stereocenters. The highest BCUT2D eigenvalue weighted by atomic mass is 16.6. The van der Waals surface area contributed by atoms with Gasteiger partial charge in [0.2, 0.25) is 0 Å². The molecule has 9 heteroatoms. The molecular formula is C32H47N3O6. The van der Waals surface area contributed by atoms with Gasteiger partial charge in [0.1, 0.15) is 5.60 Å². The number of hydrogen-bond donors (Lipinski definition) is 1. The Labute approximate surface area is 245 Å². The van der Waals surface area contributed by atoms with Crippen LogP contribution in [0.15, 0.2) is 48.5 Å². The number of ether oxygens (including phenoxy) is 4. The van der Waals surface area contributed by atoms with Crippen molar-refractivity contribution in [3.8, 4) is 11.5 Å². The topological polar surface area (TPSA) is 89.6 Å². The van der Waals surface area contributed by atoms with Gasteiger partial charge in [-0.3, -0.25) is 4.79 Å². The van der Waals surface area contributed by atoms with E-state index in [0.717, 1.165) is 12.0 Å². The number of nitrogens with zero attached hydrogens (tertiary/aromatic N) is 2. The minimum absolute atomic E-state index is 0.00711. The number of likely N-dealkylation sites (tertiary alicyclic amines) is 1. The Balaban J connectivity index is 1.79. The zero-order valence-electron chi connectivity index (χ0n) is 25.6. The molecule has 0 aromatic heterocycles. The van der Waals surface area contributed by atoms with Crippen LogP contribution < -0.4 is 14.8 Å². The summed E-state index contributed by atoms with van der Waals surface area (Å²) >= 11 is 0. The lowest BCUT2D eigenvalue weighted by atomic mass is 10.0. The third-order valence-corrected chi connectivity index (χ3v) is 6.98. The first kappa shape index (κ1) is 32.2. The molecule has 2 aromatic rings. The zero-order chi connectivity index (χ0) is 30.0. The lowest BCUT2D eigenvalue weighted by molar-refractivity contribution is 0.0283. The van der Waals surface area contributed by atoms with Gasteiger partial charge >= 0.3 is 6.09 Å². The molecule has 3 rings (SSSR count). The first-order chi connectivity index (χ1) is 19.5. The van der Waals surface area contributed by atoms with Gasteiger partial charge in [0.05, 0.1) is 13.7 Å². The fourth-order valence-electron chi connectivity index (χ4n) is 4.86. The molecule has 9 nitrogen and oxygen atoms in total. The molecule has 1 heterocycles. The van der Waals surface area contributed by atoms with Gasteiger partial charge < -0.3 is 34.1 Å². The molecule has 0 radical (unpaired) electrons. The summed E-state index contributed by atoms with van der Waals surface area (Å²) in [5.74, 6) is 1.02. The molecular weight excluding hydrogens is 522 g/mol. The largest absolute Gasteiger partial charge is 0.493 e. The van der Waals surface area contributed by atoms with Crippen LogP contribution in [-0.4, -0.2) is 86.6 Å². The van der Waals surface area contributed by atoms with Crippen LogP contribution in [0.4, 0.5) is 4.79 Å². The van der Waals surface area contributed by atoms with E-state index in [9.17, 15) is 9.59 Å². The van der Waals surface area contributed by atoms with Crippen molar-refractivity contribution in [3.05, 3.63) is 59.7 Å². The standard InChI is InChI=1S/C32H47N3O6/c1-23(2)35(30(36)25-14-15-28(39-7)29(18-25)40-17-11-16-38-6)21-26-20-34(31(37)41-32(3,4)5)22-27(26)33-19-24-12-9-8-10-13-24/h8-10,12-15,18,23,26-27,33H,11,16-17,19-22H2,1-7H3/t26-,27+/m1/s1. The maximum atomic E-state index is 13.9. The van der Waals surface area contributed by atoms with Gasteiger partial charge in [0.25, 0.3) is 5.91 Å². The van der Waals surface area contributed by atoms with E-state index in [2.05, 4.69) is 17.4 Å². The van der Waals surface area contributed by atoms with Crippen molar-refractivity contribution in [2.45, 2.75) is 65.3 Å². The van der Waals surface area contributed by atoms with Crippen molar-refractivity contribution in [2.75, 3.05) is 47.1 Å². The average molecular weight is 570 g/mol. The van der Waals surface area contributed by atoms with Gasteiger partial charge in [-0.05, 0) is 58.4 Å². The Kier molecular flexibility index (Phi) is 11.8. The van der Waals surface area contributed by atoms with Crippen molar-refractivity contribution in [1.82, 2.24) is 15.1 Å². The molecule has 41 heavy (non-hydrogen) atoms. The van der Waals surface area contributed by atoms with E-state index < -0.39 is 5.60 Å². The summed E-state index contributed by atoms with van der Waals surface area (Å²) in [7, 11) is 3.23. The smallest absolute Gasteiger partial charge is 0.410 e. The number of hydrogen-bond acceptors (Lipinski definition) is 7. The maximum absolute atomic E-state index is 13.9. The summed E-state index contributed by atoms with van der Waals surface area (Å²) < 4.78 is 22.2. The quantitative estimate of drug-likeness (QED) is 0.340. The molecule has 2 atom stereocenters. The van der Waals surface area contributed by atoms with Crippen molar-refractivity contribution in [2.24, 2.45) is 5.92 Å². The summed E-state index contributed by atoms with van der Waals surface area (Å²) in [6.45, 7) is 12.8. The molecule has 2 amide bonds. The fraction of sp³-hybridized carbons (Fsp3) is 0.562. The predicted octanol–water partition coefficient (Wildman–Crippen LogP) is 4.99. The van der Waals surface area contributed by atoms with E-state index in [1.54, 1.807) is 37.3 Å². The Morgan fingerprint density at radius 1 is 1.02 bits per heavy atom. The number of carbonyl (C=O) groups excluding carboxylic acids is 2. The highest BCUT2D eigenvalue weighted by Crippen LogP contribution is 2.30. The molecule has 1 saturated heterocycles. The van der Waals surface area contributed by atoms with E-state index >= 15 is 0 Å². The predicted molar refractivity (Wildman–Crippen MR) is 160 cm³/mol. The van der Waals surface area contributed by atoms with Crippen LogP contribution in [-0.2, 0) is 16.0 Å². The van der Waals surface area contributed by atoms with Crippen LogP contribution in [0.2, 0.25) is 0 Å². The number of benzene rings is 2. The average Bonchev–Trinajstić information content (AvgIpc) is 3.35. The number of carbonyl (C=O) groups is 2. The monoisotopic (exact) mass is 569 g/mol. The highest BCUT2D eigenvalue weighted by molar-refractivity contribution is 5.95. The second-order valence-corrected chi connectivity index (χ2v) is 11.7. The number of amides is 2. The summed E-state index contributed by atoms with van der Waals surface area (Å²) in [4.78, 5) is 30.5. The number of methoxy groups -OCH3 is 2. The molecule has 0 aliphatic carbocycles. The summed E-state index contributed by atoms with van der Waals surface area (Å²) in [6.07, 6.45) is 0.391. The minimum Gasteiger partial charge on any atom is -0.493 e. The SMILES string of the molecule is COCCCOc1cc(C(=O)N(C[C@H]2CN(C(=O)OC(C)(C)C)C[C@@H]2NCc2ccccc2)C(C)C)ccc1OC. The molecule has 1 N–H and O–H groups in total. The number of rotatable bonds is 13. The van der Waals surface area contributed by atoms with Gasteiger partial charge in [-0.2, -0.15) is 0 Å². The van der Waals surface area contributed by atoms with E-state index in [4.69, 9.17) is 18.9 Å². The van der Waals surface area contributed by atoms with Gasteiger partial charge in [-0.25, -0.2) is 4.79 Å². The first-order valence-electron chi connectivity index (χ1n) is 14.4. The lowest BCUT2D eigenvalue weighted by Crippen LogP contribution is -2.46. The molecule has 226 valence electrons. The molecule has 0 bridgehead atoms. The van der Waals surface area contributed by atoms with E-state index in [1.807, 2.05) is 57.7 Å².